The molecule has 0 aromatic heterocycles. The van der Waals surface area contributed by atoms with Crippen LogP contribution in [-0.4, -0.2) is 34.5 Å². The lowest BCUT2D eigenvalue weighted by atomic mass is 10.1. The Morgan fingerprint density at radius 1 is 1.56 bits per heavy atom. The van der Waals surface area contributed by atoms with Crippen molar-refractivity contribution in [3.63, 3.8) is 0 Å². The van der Waals surface area contributed by atoms with Crippen molar-refractivity contribution in [3.8, 4) is 0 Å². The molecule has 0 aliphatic carbocycles. The summed E-state index contributed by atoms with van der Waals surface area (Å²) in [5, 5.41) is 17.0. The zero-order chi connectivity index (χ0) is 7.44. The molecular weight excluding hydrogens is 124 g/mol. The number of hydrogen-bond donors (Lipinski definition) is 2. The van der Waals surface area contributed by atoms with E-state index in [1.54, 1.807) is 0 Å². The molecule has 4 nitrogen and oxygen atoms in total. The SMILES string of the molecule is CC(=O)[C@@H](O)[C@@H](O)C=O. The van der Waals surface area contributed by atoms with Crippen molar-refractivity contribution in [1.29, 1.82) is 0 Å². The number of aliphatic hydroxyl groups excluding tert-OH is 2. The summed E-state index contributed by atoms with van der Waals surface area (Å²) in [5.74, 6) is -0.616. The number of Topliss-reactive ketones (excluding diaryl/α,β-unsaturated/α-hetero) is 1. The molecule has 0 radical (unpaired) electrons. The van der Waals surface area contributed by atoms with Gasteiger partial charge in [-0.2, -0.15) is 0 Å². The van der Waals surface area contributed by atoms with E-state index in [0.717, 1.165) is 6.92 Å². The molecule has 2 atom stereocenters. The summed E-state index contributed by atoms with van der Waals surface area (Å²) in [7, 11) is 0. The number of carbonyl (C=O) groups excluding carboxylic acids is 2. The predicted molar refractivity (Wildman–Crippen MR) is 28.8 cm³/mol. The van der Waals surface area contributed by atoms with Gasteiger partial charge in [-0.3, -0.25) is 4.79 Å². The Balaban J connectivity index is 3.86. The first-order valence-electron chi connectivity index (χ1n) is 2.41. The topological polar surface area (TPSA) is 74.6 Å². The van der Waals surface area contributed by atoms with Crippen molar-refractivity contribution in [3.05, 3.63) is 0 Å². The Hall–Kier alpha value is -0.740. The van der Waals surface area contributed by atoms with E-state index < -0.39 is 18.0 Å². The van der Waals surface area contributed by atoms with Gasteiger partial charge in [-0.15, -0.1) is 0 Å². The second-order valence-corrected chi connectivity index (χ2v) is 1.68. The normalized spacial score (nSPS) is 16.3. The van der Waals surface area contributed by atoms with Gasteiger partial charge in [-0.25, -0.2) is 0 Å². The summed E-state index contributed by atoms with van der Waals surface area (Å²) < 4.78 is 0. The van der Waals surface area contributed by atoms with Gasteiger partial charge in [0.25, 0.3) is 0 Å². The monoisotopic (exact) mass is 132 g/mol. The second-order valence-electron chi connectivity index (χ2n) is 1.68. The van der Waals surface area contributed by atoms with Crippen molar-refractivity contribution >= 4 is 12.1 Å². The van der Waals surface area contributed by atoms with Crippen molar-refractivity contribution in [2.24, 2.45) is 0 Å². The predicted octanol–water partition coefficient (Wildman–Crippen LogP) is -1.50. The van der Waals surface area contributed by atoms with Crippen molar-refractivity contribution in [2.45, 2.75) is 19.1 Å². The van der Waals surface area contributed by atoms with Crippen LogP contribution in [-0.2, 0) is 9.59 Å². The fraction of sp³-hybridized carbons (Fsp3) is 0.600. The molecule has 0 rings (SSSR count). The summed E-state index contributed by atoms with van der Waals surface area (Å²) in [4.78, 5) is 19.9. The molecule has 4 heteroatoms. The van der Waals surface area contributed by atoms with Crippen LogP contribution < -0.4 is 0 Å². The van der Waals surface area contributed by atoms with Gasteiger partial charge in [-0.05, 0) is 6.92 Å². The van der Waals surface area contributed by atoms with Gasteiger partial charge < -0.3 is 15.0 Å². The first kappa shape index (κ1) is 8.26. The van der Waals surface area contributed by atoms with E-state index in [9.17, 15) is 9.59 Å². The summed E-state index contributed by atoms with van der Waals surface area (Å²) >= 11 is 0. The third-order valence-electron chi connectivity index (χ3n) is 0.879. The zero-order valence-electron chi connectivity index (χ0n) is 4.94. The number of rotatable bonds is 3. The fourth-order valence-electron chi connectivity index (χ4n) is 0.315. The summed E-state index contributed by atoms with van der Waals surface area (Å²) in [6.07, 6.45) is -3.03. The molecule has 0 aliphatic rings. The lowest BCUT2D eigenvalue weighted by molar-refractivity contribution is -0.136. The molecule has 0 saturated carbocycles. The Bertz CT molecular complexity index is 120. The van der Waals surface area contributed by atoms with Crippen molar-refractivity contribution in [2.75, 3.05) is 0 Å². The van der Waals surface area contributed by atoms with Gasteiger partial charge in [0.1, 0.15) is 12.2 Å². The maximum Gasteiger partial charge on any atom is 0.161 e. The Kier molecular flexibility index (Phi) is 3.05. The summed E-state index contributed by atoms with van der Waals surface area (Å²) in [5.41, 5.74) is 0. The fourth-order valence-corrected chi connectivity index (χ4v) is 0.315. The largest absolute Gasteiger partial charge is 0.382 e. The average Bonchev–Trinajstić information content (AvgIpc) is 1.84. The van der Waals surface area contributed by atoms with Crippen LogP contribution in [0.4, 0.5) is 0 Å². The van der Waals surface area contributed by atoms with E-state index in [1.807, 2.05) is 0 Å². The molecule has 52 valence electrons. The quantitative estimate of drug-likeness (QED) is 0.458. The lowest BCUT2D eigenvalue weighted by Gasteiger charge is -2.06. The molecule has 0 aliphatic heterocycles. The molecule has 0 spiro atoms. The van der Waals surface area contributed by atoms with E-state index in [2.05, 4.69) is 0 Å². The van der Waals surface area contributed by atoms with E-state index in [-0.39, 0.29) is 6.29 Å². The molecule has 0 saturated heterocycles. The third-order valence-corrected chi connectivity index (χ3v) is 0.879. The summed E-state index contributed by atoms with van der Waals surface area (Å²) in [6, 6.07) is 0. The van der Waals surface area contributed by atoms with Crippen LogP contribution in [0.3, 0.4) is 0 Å². The highest BCUT2D eigenvalue weighted by Crippen LogP contribution is 1.89. The molecular formula is C5H8O4. The zero-order valence-corrected chi connectivity index (χ0v) is 4.94. The molecule has 0 aromatic rings. The maximum atomic E-state index is 10.2. The Morgan fingerprint density at radius 3 is 2.11 bits per heavy atom. The summed E-state index contributed by atoms with van der Waals surface area (Å²) in [6.45, 7) is 1.09. The molecule has 0 fully saturated rings. The van der Waals surface area contributed by atoms with Crippen molar-refractivity contribution in [1.82, 2.24) is 0 Å². The van der Waals surface area contributed by atoms with Crippen LogP contribution in [0.2, 0.25) is 0 Å². The highest BCUT2D eigenvalue weighted by atomic mass is 16.3. The van der Waals surface area contributed by atoms with Crippen LogP contribution in [0, 0.1) is 0 Å². The minimum atomic E-state index is -1.58. The molecule has 0 amide bonds. The molecule has 0 heterocycles. The van der Waals surface area contributed by atoms with Crippen LogP contribution in [0.5, 0.6) is 0 Å². The number of aldehydes is 1. The van der Waals surface area contributed by atoms with E-state index in [4.69, 9.17) is 10.2 Å². The van der Waals surface area contributed by atoms with Gasteiger partial charge in [0.15, 0.2) is 12.1 Å². The number of ketones is 1. The standard InChI is InChI=1S/C5H8O4/c1-3(7)5(9)4(8)2-6/h2,4-5,8-9H,1H3/t4-,5+/m0/s1. The van der Waals surface area contributed by atoms with Gasteiger partial charge in [0, 0.05) is 0 Å². The molecule has 2 N–H and O–H groups in total. The number of aliphatic hydroxyl groups is 2. The van der Waals surface area contributed by atoms with Gasteiger partial charge in [-0.1, -0.05) is 0 Å². The number of carbonyl (C=O) groups is 2. The van der Waals surface area contributed by atoms with Crippen LogP contribution >= 0.6 is 0 Å². The lowest BCUT2D eigenvalue weighted by Crippen LogP contribution is -2.33. The van der Waals surface area contributed by atoms with Gasteiger partial charge in [0.05, 0.1) is 0 Å². The first-order chi connectivity index (χ1) is 4.09. The van der Waals surface area contributed by atoms with E-state index in [1.165, 1.54) is 0 Å². The average molecular weight is 132 g/mol. The maximum absolute atomic E-state index is 10.2. The van der Waals surface area contributed by atoms with Crippen LogP contribution in [0.25, 0.3) is 0 Å². The highest BCUT2D eigenvalue weighted by Gasteiger charge is 2.18. The van der Waals surface area contributed by atoms with E-state index >= 15 is 0 Å². The molecule has 0 bridgehead atoms. The minimum absolute atomic E-state index is 0.117. The molecule has 9 heavy (non-hydrogen) atoms. The van der Waals surface area contributed by atoms with Crippen molar-refractivity contribution < 1.29 is 19.8 Å². The minimum Gasteiger partial charge on any atom is -0.382 e. The molecule has 0 aromatic carbocycles. The Morgan fingerprint density at radius 2 is 2.00 bits per heavy atom. The van der Waals surface area contributed by atoms with Gasteiger partial charge >= 0.3 is 0 Å². The number of hydrogen-bond acceptors (Lipinski definition) is 4. The smallest absolute Gasteiger partial charge is 0.161 e. The second kappa shape index (κ2) is 3.32. The van der Waals surface area contributed by atoms with Crippen LogP contribution in [0.1, 0.15) is 6.92 Å². The highest BCUT2D eigenvalue weighted by molar-refractivity contribution is 5.84. The molecule has 0 unspecified atom stereocenters. The Labute approximate surface area is 52.1 Å². The first-order valence-corrected chi connectivity index (χ1v) is 2.41. The van der Waals surface area contributed by atoms with Gasteiger partial charge in [0.2, 0.25) is 0 Å². The van der Waals surface area contributed by atoms with E-state index in [0.29, 0.717) is 0 Å². The third kappa shape index (κ3) is 2.34. The van der Waals surface area contributed by atoms with Crippen LogP contribution in [0.15, 0.2) is 0 Å².